The molecule has 8 heteroatoms. The first-order valence-electron chi connectivity index (χ1n) is 11.6. The zero-order chi connectivity index (χ0) is 25.5. The summed E-state index contributed by atoms with van der Waals surface area (Å²) in [6, 6.07) is 19.4. The van der Waals surface area contributed by atoms with Gasteiger partial charge in [-0.2, -0.15) is 0 Å². The number of hydrogen-bond acceptors (Lipinski definition) is 6. The number of halogens is 1. The molecular formula is C28H27BrN2O4S. The van der Waals surface area contributed by atoms with Crippen molar-refractivity contribution < 1.29 is 19.0 Å². The highest BCUT2D eigenvalue weighted by molar-refractivity contribution is 9.10. The molecule has 1 aliphatic rings. The minimum Gasteiger partial charge on any atom is -0.494 e. The van der Waals surface area contributed by atoms with Crippen molar-refractivity contribution in [1.82, 2.24) is 5.32 Å². The number of thioether (sulfide) groups is 1. The first kappa shape index (κ1) is 25.9. The molecule has 3 aromatic carbocycles. The molecule has 1 heterocycles. The molecule has 4 rings (SSSR count). The number of amides is 1. The minimum atomic E-state index is -0.196. The van der Waals surface area contributed by atoms with E-state index < -0.39 is 0 Å². The Labute approximate surface area is 223 Å². The average molecular weight is 568 g/mol. The van der Waals surface area contributed by atoms with Crippen LogP contribution < -0.4 is 19.5 Å². The Kier molecular flexibility index (Phi) is 8.72. The molecule has 1 aliphatic heterocycles. The van der Waals surface area contributed by atoms with E-state index in [0.29, 0.717) is 41.4 Å². The van der Waals surface area contributed by atoms with E-state index >= 15 is 0 Å². The van der Waals surface area contributed by atoms with Crippen molar-refractivity contribution in [2.75, 3.05) is 13.2 Å². The van der Waals surface area contributed by atoms with Crippen LogP contribution in [0.2, 0.25) is 0 Å². The van der Waals surface area contributed by atoms with E-state index in [9.17, 15) is 4.79 Å². The van der Waals surface area contributed by atoms with Gasteiger partial charge in [0.2, 0.25) is 0 Å². The maximum atomic E-state index is 12.6. The monoisotopic (exact) mass is 566 g/mol. The van der Waals surface area contributed by atoms with E-state index in [-0.39, 0.29) is 5.91 Å². The standard InChI is InChI=1S/C28H27BrN2O4S/c1-4-33-22-12-10-21(11-13-22)30-28-31-27(32)25(36-28)16-20-14-23(29)26(24(15-20)34-5-2)35-17-19-8-6-18(3)7-9-19/h6-16H,4-5,17H2,1-3H3,(H,30,31,32)/b25-16+. The van der Waals surface area contributed by atoms with Crippen molar-refractivity contribution >= 4 is 50.5 Å². The number of nitrogens with zero attached hydrogens (tertiary/aromatic N) is 1. The molecule has 186 valence electrons. The molecule has 0 radical (unpaired) electrons. The highest BCUT2D eigenvalue weighted by atomic mass is 79.9. The highest BCUT2D eigenvalue weighted by Crippen LogP contribution is 2.39. The summed E-state index contributed by atoms with van der Waals surface area (Å²) in [5.74, 6) is 1.82. The maximum absolute atomic E-state index is 12.6. The van der Waals surface area contributed by atoms with Gasteiger partial charge in [-0.25, -0.2) is 4.99 Å². The number of benzene rings is 3. The van der Waals surface area contributed by atoms with Gasteiger partial charge in [0.1, 0.15) is 12.4 Å². The predicted molar refractivity (Wildman–Crippen MR) is 149 cm³/mol. The number of carbonyl (C=O) groups excluding carboxylic acids is 1. The third-order valence-electron chi connectivity index (χ3n) is 5.16. The summed E-state index contributed by atoms with van der Waals surface area (Å²) < 4.78 is 18.2. The van der Waals surface area contributed by atoms with Crippen LogP contribution in [0.3, 0.4) is 0 Å². The van der Waals surface area contributed by atoms with Crippen LogP contribution in [-0.2, 0) is 11.4 Å². The molecule has 0 aromatic heterocycles. The van der Waals surface area contributed by atoms with Gasteiger partial charge in [-0.05, 0) is 102 Å². The second-order valence-corrected chi connectivity index (χ2v) is 9.83. The molecule has 1 N–H and O–H groups in total. The summed E-state index contributed by atoms with van der Waals surface area (Å²) in [7, 11) is 0. The van der Waals surface area contributed by atoms with E-state index in [2.05, 4.69) is 45.3 Å². The molecule has 0 atom stereocenters. The van der Waals surface area contributed by atoms with Gasteiger partial charge < -0.3 is 19.5 Å². The Bertz CT molecular complexity index is 1290. The number of rotatable bonds is 9. The van der Waals surface area contributed by atoms with Crippen LogP contribution in [0.25, 0.3) is 6.08 Å². The van der Waals surface area contributed by atoms with Crippen LogP contribution in [0, 0.1) is 6.92 Å². The van der Waals surface area contributed by atoms with Gasteiger partial charge in [-0.3, -0.25) is 4.79 Å². The Morgan fingerprint density at radius 2 is 1.69 bits per heavy atom. The van der Waals surface area contributed by atoms with Gasteiger partial charge >= 0.3 is 0 Å². The molecule has 0 bridgehead atoms. The van der Waals surface area contributed by atoms with E-state index in [1.54, 1.807) is 0 Å². The fraction of sp³-hybridized carbons (Fsp3) is 0.214. The number of ether oxygens (including phenoxy) is 3. The van der Waals surface area contributed by atoms with E-state index in [1.807, 2.05) is 68.5 Å². The molecular weight excluding hydrogens is 540 g/mol. The third-order valence-corrected chi connectivity index (χ3v) is 6.66. The fourth-order valence-corrected chi connectivity index (χ4v) is 4.86. The van der Waals surface area contributed by atoms with Crippen molar-refractivity contribution in [3.05, 3.63) is 86.7 Å². The molecule has 0 spiro atoms. The molecule has 36 heavy (non-hydrogen) atoms. The van der Waals surface area contributed by atoms with Crippen LogP contribution in [0.15, 0.2) is 75.0 Å². The quantitative estimate of drug-likeness (QED) is 0.282. The Hall–Kier alpha value is -3.23. The summed E-state index contributed by atoms with van der Waals surface area (Å²) in [6.45, 7) is 7.43. The van der Waals surface area contributed by atoms with Gasteiger partial charge in [-0.1, -0.05) is 29.8 Å². The summed E-state index contributed by atoms with van der Waals surface area (Å²) in [5, 5.41) is 3.35. The molecule has 0 saturated carbocycles. The van der Waals surface area contributed by atoms with E-state index in [0.717, 1.165) is 27.0 Å². The van der Waals surface area contributed by atoms with Gasteiger partial charge in [0.05, 0.1) is 28.3 Å². The van der Waals surface area contributed by atoms with Crippen LogP contribution >= 0.6 is 27.7 Å². The Balaban J connectivity index is 1.51. The van der Waals surface area contributed by atoms with Gasteiger partial charge in [0.15, 0.2) is 16.7 Å². The highest BCUT2D eigenvalue weighted by Gasteiger charge is 2.24. The number of nitrogens with one attached hydrogen (secondary N) is 1. The second kappa shape index (κ2) is 12.1. The largest absolute Gasteiger partial charge is 0.494 e. The van der Waals surface area contributed by atoms with Crippen LogP contribution in [0.5, 0.6) is 17.2 Å². The van der Waals surface area contributed by atoms with Gasteiger partial charge in [0.25, 0.3) is 5.91 Å². The number of aryl methyl sites for hydroxylation is 1. The molecule has 0 aliphatic carbocycles. The number of carbonyl (C=O) groups is 1. The zero-order valence-electron chi connectivity index (χ0n) is 20.3. The van der Waals surface area contributed by atoms with Crippen LogP contribution in [-0.4, -0.2) is 24.3 Å². The second-order valence-electron chi connectivity index (χ2n) is 7.95. The molecule has 1 saturated heterocycles. The lowest BCUT2D eigenvalue weighted by Gasteiger charge is -2.15. The first-order chi connectivity index (χ1) is 17.4. The first-order valence-corrected chi connectivity index (χ1v) is 13.2. The Morgan fingerprint density at radius 1 is 0.972 bits per heavy atom. The van der Waals surface area contributed by atoms with Crippen LogP contribution in [0.1, 0.15) is 30.5 Å². The molecule has 3 aromatic rings. The predicted octanol–water partition coefficient (Wildman–Crippen LogP) is 7.03. The topological polar surface area (TPSA) is 69.2 Å². The van der Waals surface area contributed by atoms with Gasteiger partial charge in [-0.15, -0.1) is 0 Å². The lowest BCUT2D eigenvalue weighted by molar-refractivity contribution is -0.115. The van der Waals surface area contributed by atoms with E-state index in [1.165, 1.54) is 17.3 Å². The summed E-state index contributed by atoms with van der Waals surface area (Å²) >= 11 is 4.91. The number of hydrogen-bond donors (Lipinski definition) is 1. The van der Waals surface area contributed by atoms with Gasteiger partial charge in [0, 0.05) is 0 Å². The molecule has 6 nitrogen and oxygen atoms in total. The van der Waals surface area contributed by atoms with Crippen molar-refractivity contribution in [3.63, 3.8) is 0 Å². The summed E-state index contributed by atoms with van der Waals surface area (Å²) in [6.07, 6.45) is 1.82. The number of aliphatic imine (C=N–C) groups is 1. The Morgan fingerprint density at radius 3 is 2.39 bits per heavy atom. The third kappa shape index (κ3) is 6.71. The normalized spacial score (nSPS) is 15.3. The lowest BCUT2D eigenvalue weighted by Crippen LogP contribution is -2.19. The van der Waals surface area contributed by atoms with Crippen molar-refractivity contribution in [2.24, 2.45) is 4.99 Å². The molecule has 1 amide bonds. The van der Waals surface area contributed by atoms with Crippen molar-refractivity contribution in [1.29, 1.82) is 0 Å². The molecule has 0 unspecified atom stereocenters. The average Bonchev–Trinajstić information content (AvgIpc) is 3.19. The minimum absolute atomic E-state index is 0.196. The van der Waals surface area contributed by atoms with E-state index in [4.69, 9.17) is 14.2 Å². The summed E-state index contributed by atoms with van der Waals surface area (Å²) in [5.41, 5.74) is 3.82. The van der Waals surface area contributed by atoms with Crippen LogP contribution in [0.4, 0.5) is 5.69 Å². The lowest BCUT2D eigenvalue weighted by atomic mass is 10.1. The molecule has 1 fully saturated rings. The smallest absolute Gasteiger partial charge is 0.264 e. The summed E-state index contributed by atoms with van der Waals surface area (Å²) in [4.78, 5) is 17.7. The number of amidine groups is 1. The zero-order valence-corrected chi connectivity index (χ0v) is 22.7. The SMILES string of the molecule is CCOc1ccc(N=C2NC(=O)/C(=C\c3cc(Br)c(OCc4ccc(C)cc4)c(OCC)c3)S2)cc1. The van der Waals surface area contributed by atoms with Crippen molar-refractivity contribution in [3.8, 4) is 17.2 Å². The fourth-order valence-electron chi connectivity index (χ4n) is 3.45. The van der Waals surface area contributed by atoms with Crippen molar-refractivity contribution in [2.45, 2.75) is 27.4 Å². The maximum Gasteiger partial charge on any atom is 0.264 e.